The first-order valence-corrected chi connectivity index (χ1v) is 4.76. The van der Waals surface area contributed by atoms with Gasteiger partial charge < -0.3 is 14.6 Å². The van der Waals surface area contributed by atoms with E-state index in [1.54, 1.807) is 0 Å². The second-order valence-corrected chi connectivity index (χ2v) is 3.36. The molecule has 0 saturated carbocycles. The van der Waals surface area contributed by atoms with E-state index < -0.39 is 5.82 Å². The number of ether oxygens (including phenoxy) is 1. The molecule has 76 valence electrons. The number of aromatic amines is 1. The molecule has 0 amide bonds. The summed E-state index contributed by atoms with van der Waals surface area (Å²) in [7, 11) is 0. The highest BCUT2D eigenvalue weighted by Crippen LogP contribution is 2.16. The van der Waals surface area contributed by atoms with Crippen molar-refractivity contribution in [3.8, 4) is 0 Å². The zero-order chi connectivity index (χ0) is 9.97. The molecule has 0 aromatic carbocycles. The Morgan fingerprint density at radius 1 is 1.50 bits per heavy atom. The molecule has 4 nitrogen and oxygen atoms in total. The van der Waals surface area contributed by atoms with E-state index in [-0.39, 0.29) is 4.64 Å². The van der Waals surface area contributed by atoms with Crippen LogP contribution in [0.2, 0.25) is 0 Å². The summed E-state index contributed by atoms with van der Waals surface area (Å²) < 4.78 is 18.7. The largest absolute Gasteiger partial charge is 0.378 e. The summed E-state index contributed by atoms with van der Waals surface area (Å²) >= 11 is 4.75. The average molecular weight is 215 g/mol. The number of hydrogen-bond donors (Lipinski definition) is 1. The van der Waals surface area contributed by atoms with Gasteiger partial charge in [0.05, 0.1) is 19.5 Å². The molecule has 1 N–H and O–H groups in total. The average Bonchev–Trinajstić information content (AvgIpc) is 2.23. The molecule has 0 aliphatic carbocycles. The number of nitrogens with one attached hydrogen (secondary N) is 1. The Balaban J connectivity index is 2.30. The van der Waals surface area contributed by atoms with Gasteiger partial charge in [-0.2, -0.15) is 4.39 Å². The fourth-order valence-electron chi connectivity index (χ4n) is 1.39. The van der Waals surface area contributed by atoms with E-state index >= 15 is 0 Å². The SMILES string of the molecule is Fc1c(N2CCOCC2)[nH]cnc1=S. The molecule has 1 aliphatic heterocycles. The summed E-state index contributed by atoms with van der Waals surface area (Å²) in [4.78, 5) is 8.30. The topological polar surface area (TPSA) is 41.1 Å². The quantitative estimate of drug-likeness (QED) is 0.713. The molecule has 1 saturated heterocycles. The highest BCUT2D eigenvalue weighted by Gasteiger charge is 2.16. The maximum Gasteiger partial charge on any atom is 0.200 e. The Bertz CT molecular complexity index is 375. The molecule has 6 heteroatoms. The Morgan fingerprint density at radius 3 is 2.93 bits per heavy atom. The van der Waals surface area contributed by atoms with Gasteiger partial charge in [-0.1, -0.05) is 12.2 Å². The van der Waals surface area contributed by atoms with Crippen LogP contribution in [0.4, 0.5) is 10.2 Å². The lowest BCUT2D eigenvalue weighted by molar-refractivity contribution is 0.122. The number of H-pyrrole nitrogens is 1. The molecule has 1 aliphatic rings. The summed E-state index contributed by atoms with van der Waals surface area (Å²) in [6, 6.07) is 0. The molecule has 2 heterocycles. The van der Waals surface area contributed by atoms with Crippen LogP contribution in [0.3, 0.4) is 0 Å². The summed E-state index contributed by atoms with van der Waals surface area (Å²) in [6.07, 6.45) is 1.41. The lowest BCUT2D eigenvalue weighted by atomic mass is 10.4. The zero-order valence-corrected chi connectivity index (χ0v) is 8.31. The number of aromatic nitrogens is 2. The molecule has 0 bridgehead atoms. The van der Waals surface area contributed by atoms with Gasteiger partial charge in [-0.25, -0.2) is 4.98 Å². The van der Waals surface area contributed by atoms with Gasteiger partial charge >= 0.3 is 0 Å². The van der Waals surface area contributed by atoms with E-state index in [4.69, 9.17) is 17.0 Å². The lowest BCUT2D eigenvalue weighted by Crippen LogP contribution is -2.37. The van der Waals surface area contributed by atoms with Crippen molar-refractivity contribution in [3.63, 3.8) is 0 Å². The number of halogens is 1. The van der Waals surface area contributed by atoms with Gasteiger partial charge in [0.15, 0.2) is 10.5 Å². The Hall–Kier alpha value is -1.01. The van der Waals surface area contributed by atoms with E-state index in [0.29, 0.717) is 32.1 Å². The molecule has 2 rings (SSSR count). The third-order valence-corrected chi connectivity index (χ3v) is 2.39. The fraction of sp³-hybridized carbons (Fsp3) is 0.500. The second kappa shape index (κ2) is 4.02. The third-order valence-electron chi connectivity index (χ3n) is 2.11. The molecular formula is C8H10FN3OS. The number of nitrogens with zero attached hydrogens (tertiary/aromatic N) is 2. The van der Waals surface area contributed by atoms with Gasteiger partial charge in [0.2, 0.25) is 0 Å². The van der Waals surface area contributed by atoms with E-state index in [0.717, 1.165) is 0 Å². The monoisotopic (exact) mass is 215 g/mol. The van der Waals surface area contributed by atoms with Crippen LogP contribution in [0.15, 0.2) is 6.33 Å². The van der Waals surface area contributed by atoms with Gasteiger partial charge in [0.1, 0.15) is 5.82 Å². The van der Waals surface area contributed by atoms with Crippen molar-refractivity contribution in [2.75, 3.05) is 31.2 Å². The van der Waals surface area contributed by atoms with Gasteiger partial charge in [-0.05, 0) is 0 Å². The normalized spacial score (nSPS) is 17.1. The molecule has 0 atom stereocenters. The van der Waals surface area contributed by atoms with E-state index in [9.17, 15) is 4.39 Å². The first-order chi connectivity index (χ1) is 6.79. The Morgan fingerprint density at radius 2 is 2.21 bits per heavy atom. The van der Waals surface area contributed by atoms with Gasteiger partial charge in [0.25, 0.3) is 0 Å². The van der Waals surface area contributed by atoms with Crippen molar-refractivity contribution in [1.29, 1.82) is 0 Å². The van der Waals surface area contributed by atoms with Crippen LogP contribution >= 0.6 is 12.2 Å². The van der Waals surface area contributed by atoms with E-state index in [1.807, 2.05) is 4.90 Å². The van der Waals surface area contributed by atoms with Crippen molar-refractivity contribution in [2.45, 2.75) is 0 Å². The molecule has 14 heavy (non-hydrogen) atoms. The van der Waals surface area contributed by atoms with E-state index in [1.165, 1.54) is 6.33 Å². The van der Waals surface area contributed by atoms with Crippen LogP contribution in [0, 0.1) is 10.5 Å². The van der Waals surface area contributed by atoms with Crippen LogP contribution in [0.25, 0.3) is 0 Å². The molecule has 1 fully saturated rings. The molecule has 0 radical (unpaired) electrons. The summed E-state index contributed by atoms with van der Waals surface area (Å²) in [5, 5.41) is 0. The van der Waals surface area contributed by atoms with Crippen LogP contribution in [0.5, 0.6) is 0 Å². The first-order valence-electron chi connectivity index (χ1n) is 4.35. The van der Waals surface area contributed by atoms with Crippen molar-refractivity contribution in [2.24, 2.45) is 0 Å². The molecule has 0 spiro atoms. The zero-order valence-electron chi connectivity index (χ0n) is 7.49. The summed E-state index contributed by atoms with van der Waals surface area (Å²) in [5.74, 6) is -0.0438. The van der Waals surface area contributed by atoms with Crippen LogP contribution in [-0.4, -0.2) is 36.3 Å². The second-order valence-electron chi connectivity index (χ2n) is 2.97. The van der Waals surface area contributed by atoms with Gasteiger partial charge in [0, 0.05) is 13.1 Å². The minimum absolute atomic E-state index is 0.00485. The standard InChI is InChI=1S/C8H10FN3OS/c9-6-7(10-5-11-8(6)14)12-1-3-13-4-2-12/h5H,1-4H2,(H,10,11,14). The molecule has 1 aromatic rings. The number of anilines is 1. The Labute approximate surface area is 85.7 Å². The third kappa shape index (κ3) is 1.76. The van der Waals surface area contributed by atoms with Crippen molar-refractivity contribution < 1.29 is 9.13 Å². The van der Waals surface area contributed by atoms with E-state index in [2.05, 4.69) is 9.97 Å². The summed E-state index contributed by atoms with van der Waals surface area (Å²) in [6.45, 7) is 2.57. The maximum atomic E-state index is 13.5. The molecule has 0 unspecified atom stereocenters. The lowest BCUT2D eigenvalue weighted by Gasteiger charge is -2.28. The van der Waals surface area contributed by atoms with Crippen LogP contribution in [-0.2, 0) is 4.74 Å². The van der Waals surface area contributed by atoms with Crippen molar-refractivity contribution in [3.05, 3.63) is 16.8 Å². The number of rotatable bonds is 1. The van der Waals surface area contributed by atoms with Gasteiger partial charge in [-0.15, -0.1) is 0 Å². The minimum atomic E-state index is -0.454. The maximum absolute atomic E-state index is 13.5. The number of morpholine rings is 1. The molecule has 1 aromatic heterocycles. The van der Waals surface area contributed by atoms with Gasteiger partial charge in [-0.3, -0.25) is 0 Å². The smallest absolute Gasteiger partial charge is 0.200 e. The summed E-state index contributed by atoms with van der Waals surface area (Å²) in [5.41, 5.74) is 0. The Kier molecular flexibility index (Phi) is 2.74. The molecular weight excluding hydrogens is 205 g/mol. The van der Waals surface area contributed by atoms with Crippen molar-refractivity contribution in [1.82, 2.24) is 9.97 Å². The van der Waals surface area contributed by atoms with Crippen molar-refractivity contribution >= 4 is 18.0 Å². The highest BCUT2D eigenvalue weighted by molar-refractivity contribution is 7.71. The fourth-order valence-corrected chi connectivity index (χ4v) is 1.54. The van der Waals surface area contributed by atoms with Crippen LogP contribution in [0.1, 0.15) is 0 Å². The minimum Gasteiger partial charge on any atom is -0.378 e. The predicted molar refractivity (Wildman–Crippen MR) is 52.4 cm³/mol. The highest BCUT2D eigenvalue weighted by atomic mass is 32.1. The predicted octanol–water partition coefficient (Wildman–Crippen LogP) is 1.11. The van der Waals surface area contributed by atoms with Crippen LogP contribution < -0.4 is 4.90 Å². The first kappa shape index (κ1) is 9.54. The number of hydrogen-bond acceptors (Lipinski definition) is 4.